The van der Waals surface area contributed by atoms with Crippen molar-refractivity contribution in [2.45, 2.75) is 12.4 Å². The number of rotatable bonds is 8. The normalized spacial score (nSPS) is 12.1. The van der Waals surface area contributed by atoms with Crippen molar-refractivity contribution in [1.82, 2.24) is 18.3 Å². The number of halogens is 6. The van der Waals surface area contributed by atoms with E-state index in [-0.39, 0.29) is 44.5 Å². The Morgan fingerprint density at radius 3 is 0.734 bits per heavy atom. The highest BCUT2D eigenvalue weighted by molar-refractivity contribution is 6.18. The van der Waals surface area contributed by atoms with E-state index in [1.165, 1.54) is 12.1 Å². The van der Waals surface area contributed by atoms with Crippen LogP contribution in [0.1, 0.15) is 22.3 Å². The molecular formula is C82H46F6N6. The van der Waals surface area contributed by atoms with Gasteiger partial charge in [0.1, 0.15) is 12.1 Å². The molecule has 12 heteroatoms. The van der Waals surface area contributed by atoms with E-state index in [9.17, 15) is 10.5 Å². The lowest BCUT2D eigenvalue weighted by molar-refractivity contribution is -0.138. The van der Waals surface area contributed by atoms with Crippen LogP contribution in [0, 0.1) is 22.7 Å². The first-order valence-electron chi connectivity index (χ1n) is 30.5. The second kappa shape index (κ2) is 21.1. The van der Waals surface area contributed by atoms with Crippen molar-refractivity contribution >= 4 is 87.2 Å². The quantitative estimate of drug-likeness (QED) is 0.142. The smallest absolute Gasteiger partial charge is 0.306 e. The van der Waals surface area contributed by atoms with Crippen LogP contribution in [0.4, 0.5) is 26.3 Å². The number of fused-ring (bicyclic) bond motifs is 12. The summed E-state index contributed by atoms with van der Waals surface area (Å²) in [5.74, 6) is 0. The van der Waals surface area contributed by atoms with Crippen molar-refractivity contribution in [3.8, 4) is 79.4 Å². The van der Waals surface area contributed by atoms with Gasteiger partial charge in [0.2, 0.25) is 0 Å². The Kier molecular flexibility index (Phi) is 12.5. The number of benzene rings is 13. The Morgan fingerprint density at radius 1 is 0.223 bits per heavy atom. The van der Waals surface area contributed by atoms with E-state index in [4.69, 9.17) is 0 Å². The first-order chi connectivity index (χ1) is 45.8. The van der Waals surface area contributed by atoms with Crippen LogP contribution in [0.3, 0.4) is 0 Å². The zero-order valence-electron chi connectivity index (χ0n) is 49.5. The molecule has 6 nitrogen and oxygen atoms in total. The van der Waals surface area contributed by atoms with Crippen LogP contribution in [0.15, 0.2) is 279 Å². The van der Waals surface area contributed by atoms with Crippen LogP contribution in [0.25, 0.3) is 154 Å². The Balaban J connectivity index is 1.16. The minimum atomic E-state index is -4.75. The molecule has 0 spiro atoms. The van der Waals surface area contributed by atoms with Gasteiger partial charge in [0, 0.05) is 43.1 Å². The van der Waals surface area contributed by atoms with Gasteiger partial charge in [-0.25, -0.2) is 0 Å². The van der Waals surface area contributed by atoms with E-state index in [0.717, 1.165) is 90.3 Å². The zero-order chi connectivity index (χ0) is 63.7. The molecule has 4 heterocycles. The summed E-state index contributed by atoms with van der Waals surface area (Å²) in [7, 11) is 0. The predicted octanol–water partition coefficient (Wildman–Crippen LogP) is 22.5. The van der Waals surface area contributed by atoms with Crippen molar-refractivity contribution in [2.75, 3.05) is 0 Å². The van der Waals surface area contributed by atoms with Crippen molar-refractivity contribution in [3.05, 3.63) is 301 Å². The van der Waals surface area contributed by atoms with Crippen LogP contribution in [0.2, 0.25) is 0 Å². The van der Waals surface area contributed by atoms with E-state index in [1.807, 2.05) is 185 Å². The fourth-order valence-electron chi connectivity index (χ4n) is 14.3. The SMILES string of the molecule is N#Cc1c(C#N)c(-n2c3ccccc3c3cc(C(F)(F)F)ccc32)c(-n2c3ccccc3c3cc(C(F)(F)F)ccc32)c(-n2c3ccc(-c4ccccc4)cc3c3cc(-c4ccccc4)ccc32)c1-n1c2ccc(-c3ccccc3)cc2c2cc(-c3ccccc3)ccc21. The lowest BCUT2D eigenvalue weighted by atomic mass is 9.98. The Labute approximate surface area is 532 Å². The molecule has 13 aromatic carbocycles. The van der Waals surface area contributed by atoms with Gasteiger partial charge in [-0.1, -0.05) is 182 Å². The number of nitrogens with zero attached hydrogens (tertiary/aromatic N) is 6. The topological polar surface area (TPSA) is 67.3 Å². The average Bonchev–Trinajstić information content (AvgIpc) is 1.47. The summed E-state index contributed by atoms with van der Waals surface area (Å²) in [6, 6.07) is 91.4. The molecule has 4 aromatic heterocycles. The van der Waals surface area contributed by atoms with Gasteiger partial charge in [0.15, 0.2) is 0 Å². The minimum absolute atomic E-state index is 0.0795. The van der Waals surface area contributed by atoms with Crippen LogP contribution in [-0.4, -0.2) is 18.3 Å². The molecule has 0 bridgehead atoms. The van der Waals surface area contributed by atoms with Gasteiger partial charge < -0.3 is 18.3 Å². The predicted molar refractivity (Wildman–Crippen MR) is 365 cm³/mol. The molecule has 0 saturated heterocycles. The van der Waals surface area contributed by atoms with Crippen LogP contribution in [-0.2, 0) is 12.4 Å². The fraction of sp³-hybridized carbons (Fsp3) is 0.0244. The molecular weight excluding hydrogens is 1180 g/mol. The van der Waals surface area contributed by atoms with E-state index >= 15 is 26.3 Å². The van der Waals surface area contributed by atoms with Crippen molar-refractivity contribution < 1.29 is 26.3 Å². The number of nitriles is 2. The molecule has 0 aliphatic heterocycles. The second-order valence-electron chi connectivity index (χ2n) is 23.6. The van der Waals surface area contributed by atoms with Gasteiger partial charge in [-0.2, -0.15) is 36.9 Å². The van der Waals surface area contributed by atoms with E-state index in [1.54, 1.807) is 47.0 Å². The van der Waals surface area contributed by atoms with Gasteiger partial charge >= 0.3 is 12.4 Å². The van der Waals surface area contributed by atoms with Gasteiger partial charge in [-0.05, 0) is 142 Å². The average molecular weight is 1230 g/mol. The van der Waals surface area contributed by atoms with Crippen molar-refractivity contribution in [1.29, 1.82) is 10.5 Å². The van der Waals surface area contributed by atoms with Crippen LogP contribution in [0.5, 0.6) is 0 Å². The van der Waals surface area contributed by atoms with Gasteiger partial charge in [-0.15, -0.1) is 0 Å². The van der Waals surface area contributed by atoms with Crippen molar-refractivity contribution in [3.63, 3.8) is 0 Å². The number of para-hydroxylation sites is 2. The Bertz CT molecular complexity index is 5890. The zero-order valence-corrected chi connectivity index (χ0v) is 49.5. The number of alkyl halides is 6. The monoisotopic (exact) mass is 1230 g/mol. The largest absolute Gasteiger partial charge is 0.416 e. The Hall–Kier alpha value is -12.4. The third-order valence-electron chi connectivity index (χ3n) is 18.5. The van der Waals surface area contributed by atoms with E-state index in [0.29, 0.717) is 55.1 Å². The summed E-state index contributed by atoms with van der Waals surface area (Å²) < 4.78 is 98.8. The standard InChI is InChI=1S/C82H46F6N6/c83-81(84,85)57-33-39-75-65(45-57)59-25-13-15-27-69(59)91(75)77-67(47-89)68(48-90)78(92-71-35-29-53(49-17-5-1-6-18-49)41-61(71)62-42-54(30-36-72(62)92)50-19-7-2-8-20-50)80(79(77)93-70-28-16-14-26-60(70)66-46-58(82(86,87)88)34-40-76(66)93)94-73-37-31-55(51-21-9-3-10-22-51)43-63(73)64-44-56(32-38-74(64)94)52-23-11-4-12-24-52/h1-46H. The number of hydrogen-bond donors (Lipinski definition) is 0. The number of hydrogen-bond acceptors (Lipinski definition) is 2. The molecule has 17 aromatic rings. The highest BCUT2D eigenvalue weighted by atomic mass is 19.4. The molecule has 0 aliphatic rings. The van der Waals surface area contributed by atoms with Crippen molar-refractivity contribution in [2.24, 2.45) is 0 Å². The second-order valence-corrected chi connectivity index (χ2v) is 23.6. The number of aromatic nitrogens is 4. The lowest BCUT2D eigenvalue weighted by Crippen LogP contribution is -2.17. The molecule has 0 radical (unpaired) electrons. The summed E-state index contributed by atoms with van der Waals surface area (Å²) in [4.78, 5) is 0. The van der Waals surface area contributed by atoms with E-state index < -0.39 is 23.5 Å². The van der Waals surface area contributed by atoms with Crippen LogP contribution >= 0.6 is 0 Å². The summed E-state index contributed by atoms with van der Waals surface area (Å²) in [5.41, 5.74) is 10.5. The van der Waals surface area contributed by atoms with E-state index in [2.05, 4.69) is 41.0 Å². The molecule has 0 saturated carbocycles. The lowest BCUT2D eigenvalue weighted by Gasteiger charge is -2.28. The molecule has 94 heavy (non-hydrogen) atoms. The van der Waals surface area contributed by atoms with Gasteiger partial charge in [0.05, 0.1) is 89.1 Å². The summed E-state index contributed by atoms with van der Waals surface area (Å²) >= 11 is 0. The molecule has 0 unspecified atom stereocenters. The molecule has 17 rings (SSSR count). The maximum Gasteiger partial charge on any atom is 0.416 e. The molecule has 0 fully saturated rings. The first kappa shape index (κ1) is 55.7. The first-order valence-corrected chi connectivity index (χ1v) is 30.5. The van der Waals surface area contributed by atoms with Crippen LogP contribution < -0.4 is 0 Å². The molecule has 0 atom stereocenters. The summed E-state index contributed by atoms with van der Waals surface area (Å²) in [6.45, 7) is 0. The molecule has 0 aliphatic carbocycles. The maximum absolute atomic E-state index is 15.3. The third-order valence-corrected chi connectivity index (χ3v) is 18.5. The summed E-state index contributed by atoms with van der Waals surface area (Å²) in [6.07, 6.45) is -9.50. The van der Waals surface area contributed by atoms with Gasteiger partial charge in [-0.3, -0.25) is 0 Å². The highest BCUT2D eigenvalue weighted by Gasteiger charge is 2.38. The molecule has 446 valence electrons. The molecule has 0 N–H and O–H groups in total. The van der Waals surface area contributed by atoms with Gasteiger partial charge in [0.25, 0.3) is 0 Å². The summed E-state index contributed by atoms with van der Waals surface area (Å²) in [5, 5.41) is 29.7. The maximum atomic E-state index is 15.3. The minimum Gasteiger partial charge on any atom is -0.306 e. The highest BCUT2D eigenvalue weighted by Crippen LogP contribution is 2.51. The Morgan fingerprint density at radius 2 is 0.457 bits per heavy atom. The fourth-order valence-corrected chi connectivity index (χ4v) is 14.3. The molecule has 0 amide bonds. The third kappa shape index (κ3) is 8.57.